The monoisotopic (exact) mass is 277 g/mol. The number of nitrogens with two attached hydrogens (primary N) is 1. The van der Waals surface area contributed by atoms with E-state index >= 15 is 0 Å². The molecule has 3 N–H and O–H groups in total. The van der Waals surface area contributed by atoms with Gasteiger partial charge in [0.15, 0.2) is 0 Å². The number of nitriles is 1. The molecular weight excluding hydrogens is 267 g/mol. The van der Waals surface area contributed by atoms with Crippen molar-refractivity contribution in [2.75, 3.05) is 11.1 Å². The van der Waals surface area contributed by atoms with E-state index in [9.17, 15) is 13.2 Å². The number of hydrogen-bond acceptors (Lipinski definition) is 3. The Morgan fingerprint density at radius 2 is 1.60 bits per heavy atom. The van der Waals surface area contributed by atoms with E-state index in [1.807, 2.05) is 0 Å². The molecule has 0 aliphatic carbocycles. The van der Waals surface area contributed by atoms with E-state index in [0.717, 1.165) is 6.07 Å². The lowest BCUT2D eigenvalue weighted by Gasteiger charge is -2.11. The summed E-state index contributed by atoms with van der Waals surface area (Å²) in [6, 6.07) is 11.6. The van der Waals surface area contributed by atoms with Crippen LogP contribution in [-0.2, 0) is 6.18 Å². The molecule has 2 aromatic rings. The predicted octanol–water partition coefficient (Wildman–Crippen LogP) is 3.90. The van der Waals surface area contributed by atoms with Crippen molar-refractivity contribution in [1.82, 2.24) is 0 Å². The molecule has 0 amide bonds. The Labute approximate surface area is 113 Å². The van der Waals surface area contributed by atoms with Gasteiger partial charge < -0.3 is 11.1 Å². The minimum Gasteiger partial charge on any atom is -0.399 e. The summed E-state index contributed by atoms with van der Waals surface area (Å²) in [6.07, 6.45) is -4.54. The van der Waals surface area contributed by atoms with Crippen molar-refractivity contribution < 1.29 is 13.2 Å². The molecule has 0 bridgehead atoms. The highest BCUT2D eigenvalue weighted by molar-refractivity contribution is 5.64. The van der Waals surface area contributed by atoms with Crippen molar-refractivity contribution >= 4 is 17.1 Å². The summed E-state index contributed by atoms with van der Waals surface area (Å²) in [4.78, 5) is 0. The molecule has 0 saturated heterocycles. The van der Waals surface area contributed by atoms with Crippen molar-refractivity contribution in [3.05, 3.63) is 53.6 Å². The molecule has 0 aliphatic heterocycles. The van der Waals surface area contributed by atoms with Gasteiger partial charge in [-0.2, -0.15) is 18.4 Å². The van der Waals surface area contributed by atoms with Crippen LogP contribution in [0.2, 0.25) is 0 Å². The number of anilines is 3. The quantitative estimate of drug-likeness (QED) is 0.818. The zero-order chi connectivity index (χ0) is 14.8. The second kappa shape index (κ2) is 5.13. The van der Waals surface area contributed by atoms with E-state index in [2.05, 4.69) is 5.32 Å². The first-order valence-electron chi connectivity index (χ1n) is 5.64. The van der Waals surface area contributed by atoms with E-state index in [1.54, 1.807) is 30.3 Å². The number of alkyl halides is 3. The van der Waals surface area contributed by atoms with Gasteiger partial charge in [-0.05, 0) is 42.5 Å². The van der Waals surface area contributed by atoms with Gasteiger partial charge in [0.25, 0.3) is 0 Å². The van der Waals surface area contributed by atoms with Crippen LogP contribution in [0, 0.1) is 11.3 Å². The summed E-state index contributed by atoms with van der Waals surface area (Å²) < 4.78 is 38.0. The first-order valence-corrected chi connectivity index (χ1v) is 5.64. The highest BCUT2D eigenvalue weighted by atomic mass is 19.4. The van der Waals surface area contributed by atoms with Crippen molar-refractivity contribution in [3.63, 3.8) is 0 Å². The molecule has 0 spiro atoms. The molecule has 0 atom stereocenters. The van der Waals surface area contributed by atoms with Gasteiger partial charge in [0, 0.05) is 17.1 Å². The maximum atomic E-state index is 12.7. The Morgan fingerprint density at radius 1 is 1.00 bits per heavy atom. The summed E-state index contributed by atoms with van der Waals surface area (Å²) in [6.45, 7) is 0. The van der Waals surface area contributed by atoms with Crippen molar-refractivity contribution in [3.8, 4) is 6.07 Å². The molecule has 0 heterocycles. The van der Waals surface area contributed by atoms with Crippen LogP contribution in [0.5, 0.6) is 0 Å². The smallest absolute Gasteiger partial charge is 0.399 e. The Morgan fingerprint density at radius 3 is 2.15 bits per heavy atom. The number of halogens is 3. The Hall–Kier alpha value is -2.68. The lowest BCUT2D eigenvalue weighted by atomic mass is 10.1. The van der Waals surface area contributed by atoms with Crippen LogP contribution in [-0.4, -0.2) is 0 Å². The summed E-state index contributed by atoms with van der Waals surface area (Å²) in [5, 5.41) is 11.7. The average Bonchev–Trinajstić information content (AvgIpc) is 2.40. The number of rotatable bonds is 2. The number of benzene rings is 2. The molecule has 2 aromatic carbocycles. The SMILES string of the molecule is N#Cc1cc(Nc2ccc(N)cc2)ccc1C(F)(F)F. The lowest BCUT2D eigenvalue weighted by Crippen LogP contribution is -2.08. The molecule has 0 radical (unpaired) electrons. The summed E-state index contributed by atoms with van der Waals surface area (Å²) in [7, 11) is 0. The van der Waals surface area contributed by atoms with Crippen LogP contribution in [0.4, 0.5) is 30.2 Å². The molecule has 0 aliphatic rings. The second-order valence-corrected chi connectivity index (χ2v) is 4.12. The Kier molecular flexibility index (Phi) is 3.53. The van der Waals surface area contributed by atoms with Crippen LogP contribution < -0.4 is 11.1 Å². The first kappa shape index (κ1) is 13.7. The predicted molar refractivity (Wildman–Crippen MR) is 70.3 cm³/mol. The van der Waals surface area contributed by atoms with Crippen molar-refractivity contribution in [2.45, 2.75) is 6.18 Å². The molecule has 6 heteroatoms. The Balaban J connectivity index is 2.31. The number of hydrogen-bond donors (Lipinski definition) is 2. The summed E-state index contributed by atoms with van der Waals surface area (Å²) in [5.74, 6) is 0. The van der Waals surface area contributed by atoms with Crippen LogP contribution in [0.3, 0.4) is 0 Å². The van der Waals surface area contributed by atoms with Gasteiger partial charge in [-0.3, -0.25) is 0 Å². The third kappa shape index (κ3) is 3.01. The van der Waals surface area contributed by atoms with Gasteiger partial charge in [-0.15, -0.1) is 0 Å². The number of nitrogen functional groups attached to an aromatic ring is 1. The first-order chi connectivity index (χ1) is 9.40. The topological polar surface area (TPSA) is 61.8 Å². The van der Waals surface area contributed by atoms with Crippen LogP contribution in [0.1, 0.15) is 11.1 Å². The second-order valence-electron chi connectivity index (χ2n) is 4.12. The van der Waals surface area contributed by atoms with Crippen molar-refractivity contribution in [2.24, 2.45) is 0 Å². The minimum atomic E-state index is -4.54. The Bertz CT molecular complexity index is 655. The van der Waals surface area contributed by atoms with Gasteiger partial charge in [0.2, 0.25) is 0 Å². The average molecular weight is 277 g/mol. The van der Waals surface area contributed by atoms with Crippen LogP contribution >= 0.6 is 0 Å². The largest absolute Gasteiger partial charge is 0.417 e. The molecule has 0 saturated carbocycles. The molecule has 0 unspecified atom stereocenters. The molecular formula is C14H10F3N3. The maximum Gasteiger partial charge on any atom is 0.417 e. The van der Waals surface area contributed by atoms with Crippen LogP contribution in [0.15, 0.2) is 42.5 Å². The van der Waals surface area contributed by atoms with Crippen LogP contribution in [0.25, 0.3) is 0 Å². The summed E-state index contributed by atoms with van der Waals surface area (Å²) in [5.41, 5.74) is 5.83. The molecule has 0 aromatic heterocycles. The normalized spacial score (nSPS) is 10.9. The maximum absolute atomic E-state index is 12.7. The molecule has 3 nitrogen and oxygen atoms in total. The van der Waals surface area contributed by atoms with E-state index in [0.29, 0.717) is 17.1 Å². The van der Waals surface area contributed by atoms with E-state index in [1.165, 1.54) is 12.1 Å². The fraction of sp³-hybridized carbons (Fsp3) is 0.0714. The minimum absolute atomic E-state index is 0.402. The molecule has 2 rings (SSSR count). The van der Waals surface area contributed by atoms with Gasteiger partial charge >= 0.3 is 6.18 Å². The van der Waals surface area contributed by atoms with Gasteiger partial charge in [0.1, 0.15) is 0 Å². The number of nitrogens with zero attached hydrogens (tertiary/aromatic N) is 1. The number of nitrogens with one attached hydrogen (secondary N) is 1. The zero-order valence-corrected chi connectivity index (χ0v) is 10.2. The summed E-state index contributed by atoms with van der Waals surface area (Å²) >= 11 is 0. The van der Waals surface area contributed by atoms with E-state index in [-0.39, 0.29) is 0 Å². The fourth-order valence-electron chi connectivity index (χ4n) is 1.69. The van der Waals surface area contributed by atoms with Gasteiger partial charge in [-0.25, -0.2) is 0 Å². The standard InChI is InChI=1S/C14H10F3N3/c15-14(16,17)13-6-5-12(7-9(13)8-18)20-11-3-1-10(19)2-4-11/h1-7,20H,19H2. The molecule has 102 valence electrons. The van der Waals surface area contributed by atoms with Gasteiger partial charge in [0.05, 0.1) is 17.2 Å². The van der Waals surface area contributed by atoms with E-state index < -0.39 is 17.3 Å². The third-order valence-electron chi connectivity index (χ3n) is 2.64. The highest BCUT2D eigenvalue weighted by Gasteiger charge is 2.33. The lowest BCUT2D eigenvalue weighted by molar-refractivity contribution is -0.137. The zero-order valence-electron chi connectivity index (χ0n) is 10.2. The van der Waals surface area contributed by atoms with E-state index in [4.69, 9.17) is 11.0 Å². The highest BCUT2D eigenvalue weighted by Crippen LogP contribution is 2.33. The van der Waals surface area contributed by atoms with Gasteiger partial charge in [-0.1, -0.05) is 0 Å². The van der Waals surface area contributed by atoms with Crippen molar-refractivity contribution in [1.29, 1.82) is 5.26 Å². The fourth-order valence-corrected chi connectivity index (χ4v) is 1.69. The third-order valence-corrected chi connectivity index (χ3v) is 2.64. The molecule has 0 fully saturated rings. The molecule has 20 heavy (non-hydrogen) atoms.